The molecular weight excluding hydrogens is 198 g/mol. The van der Waals surface area contributed by atoms with E-state index < -0.39 is 0 Å². The zero-order valence-corrected chi connectivity index (χ0v) is 10.7. The number of nitrogens with zero attached hydrogens (tertiary/aromatic N) is 1. The van der Waals surface area contributed by atoms with Gasteiger partial charge in [-0.1, -0.05) is 32.4 Å². The summed E-state index contributed by atoms with van der Waals surface area (Å²) in [6.45, 7) is 4.40. The van der Waals surface area contributed by atoms with Gasteiger partial charge in [-0.05, 0) is 23.6 Å². The molecule has 0 aliphatic rings. The van der Waals surface area contributed by atoms with Gasteiger partial charge in [0, 0.05) is 25.8 Å². The second-order valence-corrected chi connectivity index (χ2v) is 4.52. The van der Waals surface area contributed by atoms with Gasteiger partial charge in [0.2, 0.25) is 0 Å². The fraction of sp³-hybridized carbons (Fsp3) is 0.538. The van der Waals surface area contributed by atoms with Crippen LogP contribution in [-0.4, -0.2) is 14.1 Å². The van der Waals surface area contributed by atoms with Crippen LogP contribution >= 0.6 is 0 Å². The van der Waals surface area contributed by atoms with Crippen LogP contribution in [0.2, 0.25) is 0 Å². The second-order valence-electron chi connectivity index (χ2n) is 4.52. The average molecular weight is 221 g/mol. The molecule has 0 saturated heterocycles. The number of benzene rings is 1. The molecular formula is C13H23N3. The van der Waals surface area contributed by atoms with E-state index in [1.54, 1.807) is 0 Å². The molecule has 0 aromatic heterocycles. The summed E-state index contributed by atoms with van der Waals surface area (Å²) in [6, 6.07) is 8.73. The van der Waals surface area contributed by atoms with Crippen LogP contribution in [-0.2, 0) is 0 Å². The van der Waals surface area contributed by atoms with Crippen LogP contribution in [0.5, 0.6) is 0 Å². The Balaban J connectivity index is 2.96. The molecule has 0 radical (unpaired) electrons. The Hall–Kier alpha value is -1.06. The topological polar surface area (TPSA) is 41.3 Å². The maximum absolute atomic E-state index is 5.64. The van der Waals surface area contributed by atoms with Crippen molar-refractivity contribution in [2.24, 2.45) is 11.8 Å². The van der Waals surface area contributed by atoms with Crippen LogP contribution in [0.1, 0.15) is 31.9 Å². The first kappa shape index (κ1) is 13.0. The largest absolute Gasteiger partial charge is 0.378 e. The molecule has 0 spiro atoms. The van der Waals surface area contributed by atoms with E-state index >= 15 is 0 Å². The van der Waals surface area contributed by atoms with E-state index in [1.807, 2.05) is 14.1 Å². The molecule has 1 rings (SSSR count). The minimum absolute atomic E-state index is 0.227. The number of hydrogen-bond acceptors (Lipinski definition) is 3. The standard InChI is InChI=1S/C13H23N3/c1-5-10(2)13(15-14)11-7-6-8-12(9-11)16(3)4/h6-10,13,15H,5,14H2,1-4H3. The number of rotatable bonds is 5. The summed E-state index contributed by atoms with van der Waals surface area (Å²) in [7, 11) is 4.10. The Kier molecular flexibility index (Phi) is 4.77. The minimum Gasteiger partial charge on any atom is -0.378 e. The number of nitrogens with two attached hydrogens (primary N) is 1. The maximum atomic E-state index is 5.64. The first-order valence-electron chi connectivity index (χ1n) is 5.83. The molecule has 0 bridgehead atoms. The highest BCUT2D eigenvalue weighted by atomic mass is 15.2. The SMILES string of the molecule is CCC(C)C(NN)c1cccc(N(C)C)c1. The summed E-state index contributed by atoms with van der Waals surface area (Å²) >= 11 is 0. The van der Waals surface area contributed by atoms with Crippen LogP contribution in [0.15, 0.2) is 24.3 Å². The lowest BCUT2D eigenvalue weighted by atomic mass is 9.93. The predicted molar refractivity (Wildman–Crippen MR) is 70.3 cm³/mol. The average Bonchev–Trinajstić information content (AvgIpc) is 2.30. The lowest BCUT2D eigenvalue weighted by molar-refractivity contribution is 0.383. The van der Waals surface area contributed by atoms with Gasteiger partial charge in [-0.2, -0.15) is 0 Å². The van der Waals surface area contributed by atoms with Gasteiger partial charge in [-0.3, -0.25) is 11.3 Å². The van der Waals surface area contributed by atoms with Crippen LogP contribution in [0, 0.1) is 5.92 Å². The van der Waals surface area contributed by atoms with Gasteiger partial charge >= 0.3 is 0 Å². The van der Waals surface area contributed by atoms with Gasteiger partial charge in [0.25, 0.3) is 0 Å². The molecule has 1 aromatic rings. The summed E-state index contributed by atoms with van der Waals surface area (Å²) in [5, 5.41) is 0. The molecule has 0 fully saturated rings. The highest BCUT2D eigenvalue weighted by Gasteiger charge is 2.16. The lowest BCUT2D eigenvalue weighted by Crippen LogP contribution is -2.32. The molecule has 2 unspecified atom stereocenters. The highest BCUT2D eigenvalue weighted by molar-refractivity contribution is 5.47. The number of hydrazine groups is 1. The third-order valence-corrected chi connectivity index (χ3v) is 3.14. The zero-order chi connectivity index (χ0) is 12.1. The molecule has 0 saturated carbocycles. The minimum atomic E-state index is 0.227. The summed E-state index contributed by atoms with van der Waals surface area (Å²) in [5.41, 5.74) is 5.38. The normalized spacial score (nSPS) is 14.6. The number of hydrogen-bond donors (Lipinski definition) is 2. The Morgan fingerprint density at radius 2 is 2.06 bits per heavy atom. The Bertz CT molecular complexity index is 323. The molecule has 3 N–H and O–H groups in total. The van der Waals surface area contributed by atoms with E-state index in [-0.39, 0.29) is 6.04 Å². The van der Waals surface area contributed by atoms with Crippen molar-refractivity contribution in [2.75, 3.05) is 19.0 Å². The van der Waals surface area contributed by atoms with E-state index in [9.17, 15) is 0 Å². The monoisotopic (exact) mass is 221 g/mol. The molecule has 16 heavy (non-hydrogen) atoms. The van der Waals surface area contributed by atoms with E-state index in [1.165, 1.54) is 11.3 Å². The fourth-order valence-corrected chi connectivity index (χ4v) is 1.82. The highest BCUT2D eigenvalue weighted by Crippen LogP contribution is 2.26. The molecule has 0 heterocycles. The number of nitrogens with one attached hydrogen (secondary N) is 1. The second kappa shape index (κ2) is 5.87. The van der Waals surface area contributed by atoms with Crippen molar-refractivity contribution >= 4 is 5.69 Å². The maximum Gasteiger partial charge on any atom is 0.0486 e. The van der Waals surface area contributed by atoms with E-state index in [4.69, 9.17) is 5.84 Å². The quantitative estimate of drug-likeness (QED) is 0.592. The van der Waals surface area contributed by atoms with Crippen molar-refractivity contribution in [3.8, 4) is 0 Å². The Labute approximate surface area is 98.6 Å². The Morgan fingerprint density at radius 1 is 1.38 bits per heavy atom. The van der Waals surface area contributed by atoms with E-state index in [2.05, 4.69) is 48.4 Å². The van der Waals surface area contributed by atoms with Gasteiger partial charge in [-0.25, -0.2) is 0 Å². The fourth-order valence-electron chi connectivity index (χ4n) is 1.82. The zero-order valence-electron chi connectivity index (χ0n) is 10.7. The Morgan fingerprint density at radius 3 is 2.56 bits per heavy atom. The van der Waals surface area contributed by atoms with Gasteiger partial charge in [0.1, 0.15) is 0 Å². The molecule has 0 aliphatic heterocycles. The summed E-state index contributed by atoms with van der Waals surface area (Å²) in [6.07, 6.45) is 1.11. The molecule has 3 heteroatoms. The van der Waals surface area contributed by atoms with Crippen molar-refractivity contribution in [2.45, 2.75) is 26.3 Å². The third kappa shape index (κ3) is 2.97. The molecule has 2 atom stereocenters. The predicted octanol–water partition coefficient (Wildman–Crippen LogP) is 2.30. The third-order valence-electron chi connectivity index (χ3n) is 3.14. The van der Waals surface area contributed by atoms with E-state index in [0.29, 0.717) is 5.92 Å². The summed E-state index contributed by atoms with van der Waals surface area (Å²) in [5.74, 6) is 6.17. The molecule has 3 nitrogen and oxygen atoms in total. The first-order chi connectivity index (χ1) is 7.60. The molecule has 1 aromatic carbocycles. The van der Waals surface area contributed by atoms with Gasteiger partial charge < -0.3 is 4.90 Å². The molecule has 0 aliphatic carbocycles. The van der Waals surface area contributed by atoms with Crippen molar-refractivity contribution in [3.63, 3.8) is 0 Å². The molecule has 0 amide bonds. The van der Waals surface area contributed by atoms with Crippen LogP contribution in [0.3, 0.4) is 0 Å². The van der Waals surface area contributed by atoms with Crippen LogP contribution in [0.25, 0.3) is 0 Å². The lowest BCUT2D eigenvalue weighted by Gasteiger charge is -2.24. The van der Waals surface area contributed by atoms with Crippen molar-refractivity contribution in [1.29, 1.82) is 0 Å². The first-order valence-corrected chi connectivity index (χ1v) is 5.83. The summed E-state index contributed by atoms with van der Waals surface area (Å²) < 4.78 is 0. The summed E-state index contributed by atoms with van der Waals surface area (Å²) in [4.78, 5) is 2.10. The van der Waals surface area contributed by atoms with Crippen molar-refractivity contribution in [1.82, 2.24) is 5.43 Å². The number of anilines is 1. The van der Waals surface area contributed by atoms with Crippen molar-refractivity contribution in [3.05, 3.63) is 29.8 Å². The van der Waals surface area contributed by atoms with Crippen LogP contribution < -0.4 is 16.2 Å². The van der Waals surface area contributed by atoms with Gasteiger partial charge in [0.05, 0.1) is 0 Å². The van der Waals surface area contributed by atoms with Crippen molar-refractivity contribution < 1.29 is 0 Å². The van der Waals surface area contributed by atoms with Gasteiger partial charge in [0.15, 0.2) is 0 Å². The smallest absolute Gasteiger partial charge is 0.0486 e. The molecule has 90 valence electrons. The van der Waals surface area contributed by atoms with Crippen LogP contribution in [0.4, 0.5) is 5.69 Å². The van der Waals surface area contributed by atoms with E-state index in [0.717, 1.165) is 6.42 Å². The van der Waals surface area contributed by atoms with Gasteiger partial charge in [-0.15, -0.1) is 0 Å².